The number of carbonyl (C=O) groups excluding carboxylic acids is 2. The number of alkyl halides is 1. The van der Waals surface area contributed by atoms with E-state index < -0.39 is 34.5 Å². The molecule has 4 rings (SSSR count). The molecule has 0 aromatic carbocycles. The van der Waals surface area contributed by atoms with E-state index in [0.29, 0.717) is 19.3 Å². The van der Waals surface area contributed by atoms with Gasteiger partial charge in [0.05, 0.1) is 0 Å². The first-order valence-electron chi connectivity index (χ1n) is 9.74. The molecule has 4 aliphatic carbocycles. The standard InChI is InChI=1S/C22H27FO4/c1-13-10-17-16-5-4-14-11-15(25)6-7-19(14,2)21(16,23)9-8-20(17,3)22(13,27)18(26)12-24/h6-9,11,13,16-17,24,27H,4-5,10,12H2,1-3H3/t13-,16+,17-,19+,20+,21+,22+/m1/s1. The number of aliphatic hydroxyl groups excluding tert-OH is 1. The summed E-state index contributed by atoms with van der Waals surface area (Å²) >= 11 is 0. The monoisotopic (exact) mass is 374 g/mol. The van der Waals surface area contributed by atoms with Gasteiger partial charge in [-0.3, -0.25) is 9.59 Å². The lowest BCUT2D eigenvalue weighted by Crippen LogP contribution is -2.61. The second-order valence-corrected chi connectivity index (χ2v) is 9.23. The Hall–Kier alpha value is -1.59. The van der Waals surface area contributed by atoms with Crippen molar-refractivity contribution in [2.75, 3.05) is 6.61 Å². The highest BCUT2D eigenvalue weighted by atomic mass is 19.1. The second-order valence-electron chi connectivity index (χ2n) is 9.23. The van der Waals surface area contributed by atoms with E-state index >= 15 is 4.39 Å². The lowest BCUT2D eigenvalue weighted by molar-refractivity contribution is -0.159. The number of hydrogen-bond donors (Lipinski definition) is 2. The molecule has 7 atom stereocenters. The number of halogens is 1. The average molecular weight is 374 g/mol. The minimum absolute atomic E-state index is 0.105. The fourth-order valence-corrected chi connectivity index (χ4v) is 6.56. The van der Waals surface area contributed by atoms with Crippen LogP contribution in [0.25, 0.3) is 0 Å². The van der Waals surface area contributed by atoms with Crippen LogP contribution >= 0.6 is 0 Å². The van der Waals surface area contributed by atoms with Gasteiger partial charge >= 0.3 is 0 Å². The summed E-state index contributed by atoms with van der Waals surface area (Å²) in [5.74, 6) is -1.65. The van der Waals surface area contributed by atoms with Crippen molar-refractivity contribution >= 4 is 11.6 Å². The number of hydrogen-bond acceptors (Lipinski definition) is 4. The van der Waals surface area contributed by atoms with Crippen molar-refractivity contribution in [3.63, 3.8) is 0 Å². The van der Waals surface area contributed by atoms with Gasteiger partial charge in [0.2, 0.25) is 0 Å². The molecule has 2 saturated carbocycles. The van der Waals surface area contributed by atoms with Gasteiger partial charge in [0.15, 0.2) is 11.6 Å². The molecule has 0 bridgehead atoms. The Labute approximate surface area is 158 Å². The summed E-state index contributed by atoms with van der Waals surface area (Å²) in [6, 6.07) is 0. The third-order valence-electron chi connectivity index (χ3n) is 8.26. The Balaban J connectivity index is 1.85. The van der Waals surface area contributed by atoms with Gasteiger partial charge in [0.1, 0.15) is 17.9 Å². The van der Waals surface area contributed by atoms with E-state index in [-0.39, 0.29) is 23.5 Å². The van der Waals surface area contributed by atoms with E-state index in [4.69, 9.17) is 0 Å². The molecule has 0 aromatic heterocycles. The molecule has 0 aliphatic heterocycles. The first-order chi connectivity index (χ1) is 12.5. The summed E-state index contributed by atoms with van der Waals surface area (Å²) in [4.78, 5) is 24.3. The molecule has 0 amide bonds. The van der Waals surface area contributed by atoms with Crippen LogP contribution in [0.5, 0.6) is 0 Å². The van der Waals surface area contributed by atoms with Crippen LogP contribution < -0.4 is 0 Å². The smallest absolute Gasteiger partial charge is 0.190 e. The molecule has 146 valence electrons. The van der Waals surface area contributed by atoms with Crippen molar-refractivity contribution in [2.24, 2.45) is 28.6 Å². The van der Waals surface area contributed by atoms with Crippen LogP contribution in [0.1, 0.15) is 40.0 Å². The normalized spacial score (nSPS) is 50.7. The van der Waals surface area contributed by atoms with Crippen molar-refractivity contribution < 1.29 is 24.2 Å². The number of aliphatic hydroxyl groups is 2. The molecule has 2 fully saturated rings. The number of Topliss-reactive ketones (excluding diaryl/α,β-unsaturated/α-hetero) is 1. The summed E-state index contributed by atoms with van der Waals surface area (Å²) in [6.07, 6.45) is 9.60. The van der Waals surface area contributed by atoms with Gasteiger partial charge in [0, 0.05) is 16.7 Å². The van der Waals surface area contributed by atoms with Crippen molar-refractivity contribution in [1.29, 1.82) is 0 Å². The molecule has 0 unspecified atom stereocenters. The van der Waals surface area contributed by atoms with E-state index in [1.54, 1.807) is 25.2 Å². The van der Waals surface area contributed by atoms with E-state index in [2.05, 4.69) is 0 Å². The first kappa shape index (κ1) is 18.8. The number of rotatable bonds is 2. The van der Waals surface area contributed by atoms with Gasteiger partial charge in [-0.15, -0.1) is 0 Å². The summed E-state index contributed by atoms with van der Waals surface area (Å²) in [5.41, 5.74) is -4.37. The maximum absolute atomic E-state index is 16.6. The largest absolute Gasteiger partial charge is 0.388 e. The number of ketones is 2. The van der Waals surface area contributed by atoms with Gasteiger partial charge in [-0.1, -0.05) is 31.6 Å². The van der Waals surface area contributed by atoms with Gasteiger partial charge in [-0.25, -0.2) is 4.39 Å². The van der Waals surface area contributed by atoms with Crippen LogP contribution in [0.3, 0.4) is 0 Å². The zero-order valence-corrected chi connectivity index (χ0v) is 16.0. The highest BCUT2D eigenvalue weighted by molar-refractivity contribution is 6.01. The highest BCUT2D eigenvalue weighted by Gasteiger charge is 2.71. The molecular weight excluding hydrogens is 347 g/mol. The zero-order chi connectivity index (χ0) is 19.8. The average Bonchev–Trinajstić information content (AvgIpc) is 2.84. The number of fused-ring (bicyclic) bond motifs is 5. The van der Waals surface area contributed by atoms with E-state index in [0.717, 1.165) is 5.57 Å². The molecule has 27 heavy (non-hydrogen) atoms. The molecule has 0 heterocycles. The van der Waals surface area contributed by atoms with Crippen LogP contribution in [0.4, 0.5) is 4.39 Å². The topological polar surface area (TPSA) is 74.6 Å². The predicted octanol–water partition coefficient (Wildman–Crippen LogP) is 2.70. The number of carbonyl (C=O) groups is 2. The SMILES string of the molecule is C[C@@H]1C[C@@H]2[C@@H]3CCC4=CC(=O)C=C[C@]4(C)[C@]3(F)C=C[C@]2(C)[C@@]1(O)C(=O)CO. The van der Waals surface area contributed by atoms with E-state index in [9.17, 15) is 19.8 Å². The van der Waals surface area contributed by atoms with Crippen LogP contribution in [-0.2, 0) is 9.59 Å². The molecule has 4 aliphatic rings. The Bertz CT molecular complexity index is 813. The minimum Gasteiger partial charge on any atom is -0.388 e. The molecule has 0 radical (unpaired) electrons. The van der Waals surface area contributed by atoms with Crippen molar-refractivity contribution in [1.82, 2.24) is 0 Å². The highest BCUT2D eigenvalue weighted by Crippen LogP contribution is 2.68. The summed E-state index contributed by atoms with van der Waals surface area (Å²) < 4.78 is 16.6. The first-order valence-corrected chi connectivity index (χ1v) is 9.74. The third kappa shape index (κ3) is 1.99. The fourth-order valence-electron chi connectivity index (χ4n) is 6.56. The molecule has 4 nitrogen and oxygen atoms in total. The van der Waals surface area contributed by atoms with Crippen molar-refractivity contribution in [3.05, 3.63) is 36.0 Å². The van der Waals surface area contributed by atoms with Gasteiger partial charge < -0.3 is 10.2 Å². The van der Waals surface area contributed by atoms with Crippen LogP contribution in [0.2, 0.25) is 0 Å². The summed E-state index contributed by atoms with van der Waals surface area (Å²) in [7, 11) is 0. The maximum Gasteiger partial charge on any atom is 0.190 e. The van der Waals surface area contributed by atoms with Gasteiger partial charge in [-0.05, 0) is 56.3 Å². The maximum atomic E-state index is 16.6. The summed E-state index contributed by atoms with van der Waals surface area (Å²) in [5, 5.41) is 20.8. The Morgan fingerprint density at radius 1 is 1.26 bits per heavy atom. The van der Waals surface area contributed by atoms with Crippen LogP contribution in [0.15, 0.2) is 36.0 Å². The zero-order valence-electron chi connectivity index (χ0n) is 16.0. The van der Waals surface area contributed by atoms with E-state index in [1.807, 2.05) is 13.8 Å². The second kappa shape index (κ2) is 5.48. The predicted molar refractivity (Wildman–Crippen MR) is 98.5 cm³/mol. The number of allylic oxidation sites excluding steroid dienone is 5. The molecule has 5 heteroatoms. The molecule has 0 spiro atoms. The molecular formula is C22H27FO4. The molecule has 0 aromatic rings. The van der Waals surface area contributed by atoms with Crippen molar-refractivity contribution in [3.8, 4) is 0 Å². The fraction of sp³-hybridized carbons (Fsp3) is 0.636. The summed E-state index contributed by atoms with van der Waals surface area (Å²) in [6.45, 7) is 4.74. The Kier molecular flexibility index (Phi) is 3.81. The lowest BCUT2D eigenvalue weighted by Gasteiger charge is -2.57. The van der Waals surface area contributed by atoms with Crippen LogP contribution in [0, 0.1) is 28.6 Å². The molecule has 0 saturated heterocycles. The third-order valence-corrected chi connectivity index (χ3v) is 8.26. The Morgan fingerprint density at radius 3 is 2.63 bits per heavy atom. The molecule has 2 N–H and O–H groups in total. The quantitative estimate of drug-likeness (QED) is 0.729. The van der Waals surface area contributed by atoms with Gasteiger partial charge in [-0.2, -0.15) is 0 Å². The Morgan fingerprint density at radius 2 is 1.96 bits per heavy atom. The minimum atomic E-state index is -1.69. The van der Waals surface area contributed by atoms with E-state index in [1.165, 1.54) is 12.2 Å². The van der Waals surface area contributed by atoms with Crippen molar-refractivity contribution in [2.45, 2.75) is 51.3 Å². The van der Waals surface area contributed by atoms with Gasteiger partial charge in [0.25, 0.3) is 0 Å². The van der Waals surface area contributed by atoms with Crippen LogP contribution in [-0.4, -0.2) is 39.7 Å². The lowest BCUT2D eigenvalue weighted by atomic mass is 9.48.